The first-order chi connectivity index (χ1) is 11.6. The standard InChI is InChI=1S/C20H22N2OS/c1-3-13-21-20(24)15(2)22-19(23)14-16-9-11-18(12-10-16)17-7-5-4-6-8-17/h3-13,15H,14H2,1-2H3,(H,21,24)(H,22,23)/b13-3+. The summed E-state index contributed by atoms with van der Waals surface area (Å²) in [4.78, 5) is 12.7. The third-order valence-electron chi connectivity index (χ3n) is 3.59. The van der Waals surface area contributed by atoms with Gasteiger partial charge in [0, 0.05) is 0 Å². The summed E-state index contributed by atoms with van der Waals surface area (Å²) in [5.41, 5.74) is 3.29. The Morgan fingerprint density at radius 3 is 2.33 bits per heavy atom. The van der Waals surface area contributed by atoms with E-state index in [0.29, 0.717) is 11.4 Å². The van der Waals surface area contributed by atoms with E-state index in [1.807, 2.05) is 62.4 Å². The van der Waals surface area contributed by atoms with Crippen molar-refractivity contribution >= 4 is 23.1 Å². The zero-order valence-electron chi connectivity index (χ0n) is 14.0. The van der Waals surface area contributed by atoms with Crippen molar-refractivity contribution < 1.29 is 4.79 Å². The molecule has 24 heavy (non-hydrogen) atoms. The Labute approximate surface area is 148 Å². The van der Waals surface area contributed by atoms with E-state index in [2.05, 4.69) is 22.8 Å². The first-order valence-electron chi connectivity index (χ1n) is 7.95. The number of hydrogen-bond acceptors (Lipinski definition) is 2. The van der Waals surface area contributed by atoms with Crippen LogP contribution in [0.2, 0.25) is 0 Å². The van der Waals surface area contributed by atoms with E-state index in [0.717, 1.165) is 11.1 Å². The van der Waals surface area contributed by atoms with Crippen LogP contribution in [0.15, 0.2) is 66.9 Å². The smallest absolute Gasteiger partial charge is 0.224 e. The molecule has 4 heteroatoms. The quantitative estimate of drug-likeness (QED) is 0.786. The van der Waals surface area contributed by atoms with Crippen molar-refractivity contribution in [1.82, 2.24) is 10.6 Å². The fourth-order valence-corrected chi connectivity index (χ4v) is 2.41. The molecule has 2 rings (SSSR count). The van der Waals surface area contributed by atoms with Crippen molar-refractivity contribution in [2.45, 2.75) is 26.3 Å². The maximum absolute atomic E-state index is 12.1. The minimum absolute atomic E-state index is 0.0420. The lowest BCUT2D eigenvalue weighted by Crippen LogP contribution is -2.42. The van der Waals surface area contributed by atoms with Gasteiger partial charge >= 0.3 is 0 Å². The maximum atomic E-state index is 12.1. The Balaban J connectivity index is 1.91. The first-order valence-corrected chi connectivity index (χ1v) is 8.36. The summed E-state index contributed by atoms with van der Waals surface area (Å²) in [6.07, 6.45) is 3.95. The molecule has 0 aromatic heterocycles. The number of benzene rings is 2. The van der Waals surface area contributed by atoms with Crippen molar-refractivity contribution in [3.63, 3.8) is 0 Å². The summed E-state index contributed by atoms with van der Waals surface area (Å²) in [5, 5.41) is 5.87. The van der Waals surface area contributed by atoms with E-state index in [-0.39, 0.29) is 11.9 Å². The number of thiocarbonyl (C=S) groups is 1. The van der Waals surface area contributed by atoms with Gasteiger partial charge in [0.2, 0.25) is 5.91 Å². The maximum Gasteiger partial charge on any atom is 0.224 e. The molecule has 0 heterocycles. The number of nitrogens with one attached hydrogen (secondary N) is 2. The van der Waals surface area contributed by atoms with E-state index in [1.165, 1.54) is 5.56 Å². The molecule has 124 valence electrons. The van der Waals surface area contributed by atoms with E-state index in [9.17, 15) is 4.79 Å². The third-order valence-corrected chi connectivity index (χ3v) is 4.06. The average molecular weight is 338 g/mol. The van der Waals surface area contributed by atoms with E-state index in [4.69, 9.17) is 12.2 Å². The van der Waals surface area contributed by atoms with Crippen molar-refractivity contribution in [3.05, 3.63) is 72.4 Å². The Morgan fingerprint density at radius 1 is 1.08 bits per heavy atom. The van der Waals surface area contributed by atoms with Gasteiger partial charge in [0.05, 0.1) is 12.5 Å². The fraction of sp³-hybridized carbons (Fsp3) is 0.200. The summed E-state index contributed by atoms with van der Waals surface area (Å²) < 4.78 is 0. The monoisotopic (exact) mass is 338 g/mol. The van der Waals surface area contributed by atoms with Crippen LogP contribution in [0.1, 0.15) is 19.4 Å². The Bertz CT molecular complexity index is 708. The van der Waals surface area contributed by atoms with Gasteiger partial charge in [-0.3, -0.25) is 4.79 Å². The van der Waals surface area contributed by atoms with Crippen LogP contribution >= 0.6 is 12.2 Å². The second-order valence-corrected chi connectivity index (χ2v) is 5.98. The lowest BCUT2D eigenvalue weighted by atomic mass is 10.0. The number of carbonyl (C=O) groups is 1. The molecular formula is C20H22N2OS. The van der Waals surface area contributed by atoms with Gasteiger partial charge in [-0.15, -0.1) is 0 Å². The molecule has 0 fully saturated rings. The van der Waals surface area contributed by atoms with Gasteiger partial charge in [-0.1, -0.05) is 72.9 Å². The van der Waals surface area contributed by atoms with Crippen molar-refractivity contribution in [2.24, 2.45) is 0 Å². The van der Waals surface area contributed by atoms with Gasteiger partial charge < -0.3 is 10.6 Å². The zero-order chi connectivity index (χ0) is 17.4. The largest absolute Gasteiger partial charge is 0.355 e. The molecule has 0 saturated heterocycles. The second-order valence-electron chi connectivity index (χ2n) is 5.54. The fourth-order valence-electron chi connectivity index (χ4n) is 2.28. The van der Waals surface area contributed by atoms with E-state index in [1.54, 1.807) is 6.20 Å². The molecule has 2 aromatic rings. The molecule has 0 spiro atoms. The average Bonchev–Trinajstić information content (AvgIpc) is 2.61. The van der Waals surface area contributed by atoms with Crippen LogP contribution in [0, 0.1) is 0 Å². The number of carbonyl (C=O) groups excluding carboxylic acids is 1. The predicted molar refractivity (Wildman–Crippen MR) is 104 cm³/mol. The zero-order valence-corrected chi connectivity index (χ0v) is 14.8. The molecule has 0 aliphatic rings. The molecular weight excluding hydrogens is 316 g/mol. The molecule has 2 aromatic carbocycles. The predicted octanol–water partition coefficient (Wildman–Crippen LogP) is 3.85. The van der Waals surface area contributed by atoms with Gasteiger partial charge in [0.1, 0.15) is 4.99 Å². The van der Waals surface area contributed by atoms with Crippen LogP contribution in [0.4, 0.5) is 0 Å². The highest BCUT2D eigenvalue weighted by molar-refractivity contribution is 7.80. The summed E-state index contributed by atoms with van der Waals surface area (Å²) in [6, 6.07) is 18.0. The molecule has 0 saturated carbocycles. The number of hydrogen-bond donors (Lipinski definition) is 2. The lowest BCUT2D eigenvalue weighted by Gasteiger charge is -2.15. The summed E-state index contributed by atoms with van der Waals surface area (Å²) in [7, 11) is 0. The highest BCUT2D eigenvalue weighted by Crippen LogP contribution is 2.19. The van der Waals surface area contributed by atoms with Crippen LogP contribution < -0.4 is 10.6 Å². The van der Waals surface area contributed by atoms with Crippen LogP contribution in [-0.4, -0.2) is 16.9 Å². The Kier molecular flexibility index (Phi) is 6.70. The number of amides is 1. The topological polar surface area (TPSA) is 41.1 Å². The molecule has 1 amide bonds. The molecule has 3 nitrogen and oxygen atoms in total. The molecule has 1 atom stereocenters. The van der Waals surface area contributed by atoms with Crippen molar-refractivity contribution in [3.8, 4) is 11.1 Å². The van der Waals surface area contributed by atoms with E-state index >= 15 is 0 Å². The molecule has 0 aliphatic carbocycles. The summed E-state index contributed by atoms with van der Waals surface area (Å²) in [6.45, 7) is 3.77. The molecule has 0 radical (unpaired) electrons. The van der Waals surface area contributed by atoms with Crippen LogP contribution in [0.3, 0.4) is 0 Å². The highest BCUT2D eigenvalue weighted by atomic mass is 32.1. The third kappa shape index (κ3) is 5.32. The van der Waals surface area contributed by atoms with Crippen molar-refractivity contribution in [1.29, 1.82) is 0 Å². The molecule has 0 aliphatic heterocycles. The van der Waals surface area contributed by atoms with Crippen molar-refractivity contribution in [2.75, 3.05) is 0 Å². The van der Waals surface area contributed by atoms with Crippen LogP contribution in [-0.2, 0) is 11.2 Å². The van der Waals surface area contributed by atoms with Gasteiger partial charge in [-0.05, 0) is 36.7 Å². The number of allylic oxidation sites excluding steroid dienone is 1. The number of rotatable bonds is 6. The second kappa shape index (κ2) is 8.99. The SMILES string of the molecule is C/C=C/NC(=S)C(C)NC(=O)Cc1ccc(-c2ccccc2)cc1. The lowest BCUT2D eigenvalue weighted by molar-refractivity contribution is -0.120. The molecule has 2 N–H and O–H groups in total. The first kappa shape index (κ1) is 17.9. The van der Waals surface area contributed by atoms with Crippen LogP contribution in [0.5, 0.6) is 0 Å². The van der Waals surface area contributed by atoms with E-state index < -0.39 is 0 Å². The Hall–Kier alpha value is -2.46. The van der Waals surface area contributed by atoms with Gasteiger partial charge in [-0.25, -0.2) is 0 Å². The minimum atomic E-state index is -0.202. The molecule has 0 bridgehead atoms. The van der Waals surface area contributed by atoms with Gasteiger partial charge in [-0.2, -0.15) is 0 Å². The van der Waals surface area contributed by atoms with Gasteiger partial charge in [0.15, 0.2) is 0 Å². The normalized spacial score (nSPS) is 11.9. The molecule has 1 unspecified atom stereocenters. The minimum Gasteiger partial charge on any atom is -0.355 e. The van der Waals surface area contributed by atoms with Crippen LogP contribution in [0.25, 0.3) is 11.1 Å². The highest BCUT2D eigenvalue weighted by Gasteiger charge is 2.11. The summed E-state index contributed by atoms with van der Waals surface area (Å²) >= 11 is 5.22. The Morgan fingerprint density at radius 2 is 1.71 bits per heavy atom. The van der Waals surface area contributed by atoms with Gasteiger partial charge in [0.25, 0.3) is 0 Å². The summed E-state index contributed by atoms with van der Waals surface area (Å²) in [5.74, 6) is -0.0420.